The lowest BCUT2D eigenvalue weighted by molar-refractivity contribution is -0.132. The lowest BCUT2D eigenvalue weighted by atomic mass is 10.0. The molecule has 0 fully saturated rings. The molecule has 2 aromatic carbocycles. The molecule has 0 bridgehead atoms. The molecule has 0 radical (unpaired) electrons. The van der Waals surface area contributed by atoms with Gasteiger partial charge < -0.3 is 15.7 Å². The number of anilines is 2. The first-order chi connectivity index (χ1) is 14.5. The van der Waals surface area contributed by atoms with Gasteiger partial charge in [-0.25, -0.2) is 13.9 Å². The quantitative estimate of drug-likeness (QED) is 0.599. The van der Waals surface area contributed by atoms with Crippen molar-refractivity contribution in [3.63, 3.8) is 0 Å². The highest BCUT2D eigenvalue weighted by Crippen LogP contribution is 2.32. The Bertz CT molecular complexity index is 1150. The Labute approximate surface area is 171 Å². The van der Waals surface area contributed by atoms with Crippen LogP contribution >= 0.6 is 0 Å². The molecule has 7 nitrogen and oxygen atoms in total. The second-order valence-electron chi connectivity index (χ2n) is 6.82. The van der Waals surface area contributed by atoms with Crippen LogP contribution in [0.2, 0.25) is 0 Å². The molecule has 4 rings (SSSR count). The summed E-state index contributed by atoms with van der Waals surface area (Å²) in [5.41, 5.74) is 2.43. The predicted octanol–water partition coefficient (Wildman–Crippen LogP) is 3.82. The van der Waals surface area contributed by atoms with Crippen LogP contribution in [0.3, 0.4) is 0 Å². The first-order valence-electron chi connectivity index (χ1n) is 9.42. The summed E-state index contributed by atoms with van der Waals surface area (Å²) in [6.45, 7) is 1.99. The maximum Gasteiger partial charge on any atom is 0.352 e. The lowest BCUT2D eigenvalue weighted by Crippen LogP contribution is -2.25. The molecule has 0 aliphatic carbocycles. The van der Waals surface area contributed by atoms with Gasteiger partial charge >= 0.3 is 5.97 Å². The van der Waals surface area contributed by atoms with Crippen LogP contribution in [-0.4, -0.2) is 26.8 Å². The number of fused-ring (bicyclic) bond motifs is 1. The molecule has 1 atom stereocenters. The van der Waals surface area contributed by atoms with E-state index >= 15 is 0 Å². The van der Waals surface area contributed by atoms with E-state index in [4.69, 9.17) is 0 Å². The minimum absolute atomic E-state index is 0.0830. The molecule has 8 heteroatoms. The fourth-order valence-electron chi connectivity index (χ4n) is 3.42. The summed E-state index contributed by atoms with van der Waals surface area (Å²) in [7, 11) is 0. The molecule has 0 saturated carbocycles. The number of aliphatic carboxylic acids is 1. The topological polar surface area (TPSA) is 96.3 Å². The Balaban J connectivity index is 1.72. The first kappa shape index (κ1) is 19.4. The molecule has 1 unspecified atom stereocenters. The third-order valence-electron chi connectivity index (χ3n) is 4.97. The van der Waals surface area contributed by atoms with Gasteiger partial charge in [-0.2, -0.15) is 5.10 Å². The minimum Gasteiger partial charge on any atom is -0.477 e. The number of rotatable bonds is 5. The Hall–Kier alpha value is -3.94. The molecule has 2 heterocycles. The summed E-state index contributed by atoms with van der Waals surface area (Å²) in [6, 6.07) is 12.6. The van der Waals surface area contributed by atoms with Crippen LogP contribution in [0.25, 0.3) is 0 Å². The molecule has 1 amide bonds. The van der Waals surface area contributed by atoms with Gasteiger partial charge in [-0.1, -0.05) is 37.3 Å². The Morgan fingerprint density at radius 1 is 1.20 bits per heavy atom. The van der Waals surface area contributed by atoms with Gasteiger partial charge in [0.2, 0.25) is 0 Å². The second-order valence-corrected chi connectivity index (χ2v) is 6.82. The summed E-state index contributed by atoms with van der Waals surface area (Å²) in [4.78, 5) is 24.6. The van der Waals surface area contributed by atoms with Crippen LogP contribution in [0.1, 0.15) is 34.5 Å². The van der Waals surface area contributed by atoms with Gasteiger partial charge in [-0.3, -0.25) is 4.79 Å². The molecular formula is C22H19FN4O3. The third kappa shape index (κ3) is 3.55. The first-order valence-corrected chi connectivity index (χ1v) is 9.42. The van der Waals surface area contributed by atoms with Crippen LogP contribution in [0, 0.1) is 5.82 Å². The smallest absolute Gasteiger partial charge is 0.352 e. The molecule has 0 saturated heterocycles. The van der Waals surface area contributed by atoms with E-state index in [1.165, 1.54) is 29.1 Å². The predicted molar refractivity (Wildman–Crippen MR) is 110 cm³/mol. The van der Waals surface area contributed by atoms with Crippen LogP contribution < -0.4 is 10.6 Å². The van der Waals surface area contributed by atoms with Gasteiger partial charge in [-0.05, 0) is 41.8 Å². The zero-order valence-corrected chi connectivity index (χ0v) is 16.1. The van der Waals surface area contributed by atoms with Crippen LogP contribution in [0.15, 0.2) is 66.5 Å². The fraction of sp³-hybridized carbons (Fsp3) is 0.136. The van der Waals surface area contributed by atoms with Gasteiger partial charge in [0.05, 0.1) is 12.2 Å². The zero-order chi connectivity index (χ0) is 21.3. The van der Waals surface area contributed by atoms with Crippen molar-refractivity contribution in [2.24, 2.45) is 0 Å². The van der Waals surface area contributed by atoms with Gasteiger partial charge in [0.25, 0.3) is 5.91 Å². The number of aryl methyl sites for hydroxylation is 1. The highest BCUT2D eigenvalue weighted by Gasteiger charge is 2.29. The average Bonchev–Trinajstić information content (AvgIpc) is 3.18. The monoisotopic (exact) mass is 406 g/mol. The SMILES string of the molecule is CCc1ccccc1NC(=O)c1cnn2c1NC(C(=O)O)=CC2c1ccc(F)cc1. The van der Waals surface area contributed by atoms with E-state index < -0.39 is 23.7 Å². The number of amides is 1. The molecule has 0 spiro atoms. The van der Waals surface area contributed by atoms with E-state index in [1.807, 2.05) is 31.2 Å². The van der Waals surface area contributed by atoms with Gasteiger partial charge in [-0.15, -0.1) is 0 Å². The van der Waals surface area contributed by atoms with E-state index in [0.29, 0.717) is 11.3 Å². The largest absolute Gasteiger partial charge is 0.477 e. The van der Waals surface area contributed by atoms with E-state index in [0.717, 1.165) is 12.0 Å². The average molecular weight is 406 g/mol. The van der Waals surface area contributed by atoms with E-state index in [-0.39, 0.29) is 17.1 Å². The van der Waals surface area contributed by atoms with Gasteiger partial charge in [0.15, 0.2) is 0 Å². The highest BCUT2D eigenvalue weighted by atomic mass is 19.1. The number of halogens is 1. The second kappa shape index (κ2) is 7.82. The summed E-state index contributed by atoms with van der Waals surface area (Å²) in [5.74, 6) is -1.72. The van der Waals surface area contributed by atoms with Crippen LogP contribution in [-0.2, 0) is 11.2 Å². The number of hydrogen-bond acceptors (Lipinski definition) is 4. The van der Waals surface area contributed by atoms with E-state index in [1.54, 1.807) is 12.1 Å². The molecule has 152 valence electrons. The number of carbonyl (C=O) groups is 2. The molecule has 1 aromatic heterocycles. The molecule has 30 heavy (non-hydrogen) atoms. The fourth-order valence-corrected chi connectivity index (χ4v) is 3.42. The number of aromatic nitrogens is 2. The van der Waals surface area contributed by atoms with E-state index in [2.05, 4.69) is 15.7 Å². The van der Waals surface area contributed by atoms with Crippen LogP contribution in [0.5, 0.6) is 0 Å². The summed E-state index contributed by atoms with van der Waals surface area (Å²) < 4.78 is 14.9. The number of carboxylic acids is 1. The third-order valence-corrected chi connectivity index (χ3v) is 4.97. The number of hydrogen-bond donors (Lipinski definition) is 3. The standard InChI is InChI=1S/C22H19FN4O3/c1-2-13-5-3-4-6-17(13)26-21(28)16-12-24-27-19(14-7-9-15(23)10-8-14)11-18(22(29)30)25-20(16)27/h3-12,19,25H,2H2,1H3,(H,26,28)(H,29,30). The number of nitrogens with one attached hydrogen (secondary N) is 2. The van der Waals surface area contributed by atoms with Crippen molar-refractivity contribution in [2.45, 2.75) is 19.4 Å². The molecule has 3 N–H and O–H groups in total. The van der Waals surface area contributed by atoms with Crippen molar-refractivity contribution in [3.8, 4) is 0 Å². The maximum absolute atomic E-state index is 13.3. The Morgan fingerprint density at radius 3 is 2.63 bits per heavy atom. The van der Waals surface area contributed by atoms with Crippen molar-refractivity contribution in [2.75, 3.05) is 10.6 Å². The summed E-state index contributed by atoms with van der Waals surface area (Å²) in [5, 5.41) is 19.5. The number of carboxylic acid groups (broad SMARTS) is 1. The van der Waals surface area contributed by atoms with E-state index in [9.17, 15) is 19.1 Å². The van der Waals surface area contributed by atoms with Gasteiger partial charge in [0.1, 0.15) is 22.9 Å². The number of allylic oxidation sites excluding steroid dienone is 1. The lowest BCUT2D eigenvalue weighted by Gasteiger charge is -2.24. The number of para-hydroxylation sites is 1. The van der Waals surface area contributed by atoms with Crippen molar-refractivity contribution in [1.29, 1.82) is 0 Å². The highest BCUT2D eigenvalue weighted by molar-refractivity contribution is 6.08. The van der Waals surface area contributed by atoms with Crippen molar-refractivity contribution in [3.05, 3.63) is 89.0 Å². The van der Waals surface area contributed by atoms with Crippen molar-refractivity contribution >= 4 is 23.4 Å². The Morgan fingerprint density at radius 2 is 1.93 bits per heavy atom. The molecule has 1 aliphatic rings. The molecule has 1 aliphatic heterocycles. The van der Waals surface area contributed by atoms with Gasteiger partial charge in [0, 0.05) is 5.69 Å². The Kier molecular flexibility index (Phi) is 5.05. The molecule has 3 aromatic rings. The number of carbonyl (C=O) groups excluding carboxylic acids is 1. The normalized spacial score (nSPS) is 15.0. The number of benzene rings is 2. The number of nitrogens with zero attached hydrogens (tertiary/aromatic N) is 2. The molecular weight excluding hydrogens is 387 g/mol. The summed E-state index contributed by atoms with van der Waals surface area (Å²) in [6.07, 6.45) is 3.62. The summed E-state index contributed by atoms with van der Waals surface area (Å²) >= 11 is 0. The van der Waals surface area contributed by atoms with Crippen molar-refractivity contribution in [1.82, 2.24) is 9.78 Å². The maximum atomic E-state index is 13.3. The minimum atomic E-state index is -1.17. The zero-order valence-electron chi connectivity index (χ0n) is 16.1. The van der Waals surface area contributed by atoms with Crippen molar-refractivity contribution < 1.29 is 19.1 Å². The van der Waals surface area contributed by atoms with Crippen LogP contribution in [0.4, 0.5) is 15.9 Å².